The molecule has 0 amide bonds. The maximum absolute atomic E-state index is 5.94. The Labute approximate surface area is 129 Å². The van der Waals surface area contributed by atoms with Crippen LogP contribution in [0.5, 0.6) is 5.75 Å². The number of benzene rings is 1. The highest BCUT2D eigenvalue weighted by Crippen LogP contribution is 2.35. The van der Waals surface area contributed by atoms with Gasteiger partial charge in [0.25, 0.3) is 0 Å². The Morgan fingerprint density at radius 1 is 1.05 bits per heavy atom. The number of piperidine rings is 1. The molecule has 0 N–H and O–H groups in total. The molecule has 21 heavy (non-hydrogen) atoms. The maximum Gasteiger partial charge on any atom is 0.119 e. The molecule has 1 aliphatic heterocycles. The minimum atomic E-state index is 0.819. The molecule has 2 fully saturated rings. The van der Waals surface area contributed by atoms with Crippen molar-refractivity contribution in [3.8, 4) is 5.75 Å². The number of hydrogen-bond donors (Lipinski definition) is 0. The zero-order valence-electron chi connectivity index (χ0n) is 13.6. The van der Waals surface area contributed by atoms with E-state index in [1.807, 2.05) is 0 Å². The van der Waals surface area contributed by atoms with E-state index >= 15 is 0 Å². The molecule has 1 aromatic carbocycles. The molecule has 1 heterocycles. The highest BCUT2D eigenvalue weighted by molar-refractivity contribution is 5.33. The Hall–Kier alpha value is -1.02. The molecule has 1 saturated heterocycles. The van der Waals surface area contributed by atoms with Gasteiger partial charge in [-0.05, 0) is 68.3 Å². The fraction of sp³-hybridized carbons (Fsp3) is 0.684. The Morgan fingerprint density at radius 2 is 1.86 bits per heavy atom. The number of hydrogen-bond acceptors (Lipinski definition) is 2. The van der Waals surface area contributed by atoms with Gasteiger partial charge in [0, 0.05) is 13.1 Å². The highest BCUT2D eigenvalue weighted by Gasteiger charge is 2.30. The van der Waals surface area contributed by atoms with Gasteiger partial charge in [-0.15, -0.1) is 0 Å². The SMILES string of the molecule is Cc1ccc(OCCN2CCC3CCCC[C@H]3C2)cc1C. The van der Waals surface area contributed by atoms with E-state index in [0.717, 1.165) is 30.7 Å². The van der Waals surface area contributed by atoms with Gasteiger partial charge in [0.2, 0.25) is 0 Å². The summed E-state index contributed by atoms with van der Waals surface area (Å²) < 4.78 is 5.94. The van der Waals surface area contributed by atoms with E-state index in [9.17, 15) is 0 Å². The van der Waals surface area contributed by atoms with Crippen LogP contribution in [-0.2, 0) is 0 Å². The first-order valence-corrected chi connectivity index (χ1v) is 8.65. The second kappa shape index (κ2) is 6.83. The Morgan fingerprint density at radius 3 is 2.67 bits per heavy atom. The second-order valence-electron chi connectivity index (χ2n) is 6.99. The van der Waals surface area contributed by atoms with Crippen molar-refractivity contribution in [1.29, 1.82) is 0 Å². The summed E-state index contributed by atoms with van der Waals surface area (Å²) in [7, 11) is 0. The summed E-state index contributed by atoms with van der Waals surface area (Å²) in [6, 6.07) is 6.40. The summed E-state index contributed by atoms with van der Waals surface area (Å²) in [5.74, 6) is 3.01. The molecule has 2 aliphatic rings. The average Bonchev–Trinajstić information content (AvgIpc) is 2.51. The van der Waals surface area contributed by atoms with Crippen LogP contribution < -0.4 is 4.74 Å². The Balaban J connectivity index is 1.44. The van der Waals surface area contributed by atoms with Crippen LogP contribution in [0.15, 0.2) is 18.2 Å². The van der Waals surface area contributed by atoms with E-state index in [-0.39, 0.29) is 0 Å². The molecule has 0 spiro atoms. The molecule has 2 heteroatoms. The number of likely N-dealkylation sites (tertiary alicyclic amines) is 1. The molecular formula is C19H29NO. The second-order valence-corrected chi connectivity index (χ2v) is 6.99. The molecule has 0 bridgehead atoms. The van der Waals surface area contributed by atoms with E-state index in [0.29, 0.717) is 0 Å². The van der Waals surface area contributed by atoms with Crippen LogP contribution in [0, 0.1) is 25.7 Å². The largest absolute Gasteiger partial charge is 0.492 e. The third kappa shape index (κ3) is 3.79. The Kier molecular flexibility index (Phi) is 4.84. The molecule has 1 unspecified atom stereocenters. The fourth-order valence-corrected chi connectivity index (χ4v) is 3.98. The molecule has 1 saturated carbocycles. The molecule has 0 aromatic heterocycles. The molecule has 3 rings (SSSR count). The van der Waals surface area contributed by atoms with Gasteiger partial charge in [-0.3, -0.25) is 4.90 Å². The van der Waals surface area contributed by atoms with E-state index < -0.39 is 0 Å². The van der Waals surface area contributed by atoms with Gasteiger partial charge in [-0.2, -0.15) is 0 Å². The maximum atomic E-state index is 5.94. The van der Waals surface area contributed by atoms with Gasteiger partial charge in [0.05, 0.1) is 0 Å². The minimum absolute atomic E-state index is 0.819. The predicted octanol–water partition coefficient (Wildman–Crippen LogP) is 4.19. The van der Waals surface area contributed by atoms with Crippen LogP contribution in [-0.4, -0.2) is 31.1 Å². The summed E-state index contributed by atoms with van der Waals surface area (Å²) in [4.78, 5) is 2.62. The first kappa shape index (κ1) is 14.9. The van der Waals surface area contributed by atoms with Crippen LogP contribution in [0.2, 0.25) is 0 Å². The summed E-state index contributed by atoms with van der Waals surface area (Å²) in [6.45, 7) is 8.78. The molecule has 2 atom stereocenters. The minimum Gasteiger partial charge on any atom is -0.492 e. The molecule has 2 nitrogen and oxygen atoms in total. The fourth-order valence-electron chi connectivity index (χ4n) is 3.98. The van der Waals surface area contributed by atoms with Gasteiger partial charge < -0.3 is 4.74 Å². The Bertz CT molecular complexity index is 471. The number of fused-ring (bicyclic) bond motifs is 1. The quantitative estimate of drug-likeness (QED) is 0.823. The lowest BCUT2D eigenvalue weighted by Gasteiger charge is -2.41. The van der Waals surface area contributed by atoms with E-state index in [2.05, 4.69) is 36.9 Å². The summed E-state index contributed by atoms with van der Waals surface area (Å²) in [5, 5.41) is 0. The van der Waals surface area contributed by atoms with Crippen LogP contribution in [0.1, 0.15) is 43.2 Å². The lowest BCUT2D eigenvalue weighted by atomic mass is 9.75. The third-order valence-electron chi connectivity index (χ3n) is 5.53. The average molecular weight is 287 g/mol. The zero-order chi connectivity index (χ0) is 14.7. The molecule has 0 radical (unpaired) electrons. The smallest absolute Gasteiger partial charge is 0.119 e. The van der Waals surface area contributed by atoms with Gasteiger partial charge in [-0.25, -0.2) is 0 Å². The summed E-state index contributed by atoms with van der Waals surface area (Å²) in [5.41, 5.74) is 2.65. The van der Waals surface area contributed by atoms with Gasteiger partial charge in [0.1, 0.15) is 12.4 Å². The molecule has 1 aliphatic carbocycles. The summed E-state index contributed by atoms with van der Waals surface area (Å²) >= 11 is 0. The van der Waals surface area contributed by atoms with Crippen molar-refractivity contribution in [2.45, 2.75) is 46.0 Å². The van der Waals surface area contributed by atoms with Crippen molar-refractivity contribution < 1.29 is 4.74 Å². The van der Waals surface area contributed by atoms with E-state index in [1.54, 1.807) is 0 Å². The molecule has 116 valence electrons. The normalized spacial score (nSPS) is 26.4. The monoisotopic (exact) mass is 287 g/mol. The summed E-state index contributed by atoms with van der Waals surface area (Å²) in [6.07, 6.45) is 7.27. The topological polar surface area (TPSA) is 12.5 Å². The van der Waals surface area contributed by atoms with Gasteiger partial charge >= 0.3 is 0 Å². The van der Waals surface area contributed by atoms with Crippen LogP contribution in [0.3, 0.4) is 0 Å². The lowest BCUT2D eigenvalue weighted by Crippen LogP contribution is -2.43. The first-order valence-electron chi connectivity index (χ1n) is 8.65. The number of aryl methyl sites for hydroxylation is 2. The zero-order valence-corrected chi connectivity index (χ0v) is 13.6. The van der Waals surface area contributed by atoms with Crippen molar-refractivity contribution >= 4 is 0 Å². The van der Waals surface area contributed by atoms with Crippen molar-refractivity contribution in [3.05, 3.63) is 29.3 Å². The van der Waals surface area contributed by atoms with E-state index in [4.69, 9.17) is 4.74 Å². The first-order chi connectivity index (χ1) is 10.2. The van der Waals surface area contributed by atoms with Crippen molar-refractivity contribution in [2.75, 3.05) is 26.2 Å². The number of nitrogens with zero attached hydrogens (tertiary/aromatic N) is 1. The van der Waals surface area contributed by atoms with Crippen molar-refractivity contribution in [1.82, 2.24) is 4.90 Å². The van der Waals surface area contributed by atoms with Crippen LogP contribution >= 0.6 is 0 Å². The number of ether oxygens (including phenoxy) is 1. The van der Waals surface area contributed by atoms with Gasteiger partial charge in [0.15, 0.2) is 0 Å². The third-order valence-corrected chi connectivity index (χ3v) is 5.53. The van der Waals surface area contributed by atoms with Crippen LogP contribution in [0.4, 0.5) is 0 Å². The van der Waals surface area contributed by atoms with E-state index in [1.165, 1.54) is 56.3 Å². The van der Waals surface area contributed by atoms with Crippen LogP contribution in [0.25, 0.3) is 0 Å². The number of rotatable bonds is 4. The lowest BCUT2D eigenvalue weighted by molar-refractivity contribution is 0.0766. The van der Waals surface area contributed by atoms with Crippen molar-refractivity contribution in [2.24, 2.45) is 11.8 Å². The highest BCUT2D eigenvalue weighted by atomic mass is 16.5. The predicted molar refractivity (Wildman–Crippen MR) is 87.9 cm³/mol. The van der Waals surface area contributed by atoms with Gasteiger partial charge in [-0.1, -0.05) is 25.3 Å². The molecule has 1 aromatic rings. The molecular weight excluding hydrogens is 258 g/mol. The van der Waals surface area contributed by atoms with Crippen molar-refractivity contribution in [3.63, 3.8) is 0 Å². The standard InChI is InChI=1S/C19H29NO/c1-15-7-8-19(13-16(15)2)21-12-11-20-10-9-17-5-3-4-6-18(17)14-20/h7-8,13,17-18H,3-6,9-12,14H2,1-2H3/t17?,18-/m0/s1.